The van der Waals surface area contributed by atoms with Gasteiger partial charge in [0, 0.05) is 56.8 Å². The van der Waals surface area contributed by atoms with Gasteiger partial charge in [0.1, 0.15) is 0 Å². The first-order chi connectivity index (χ1) is 14.3. The van der Waals surface area contributed by atoms with E-state index in [9.17, 15) is 18.0 Å². The first-order valence-electron chi connectivity index (χ1n) is 10.0. The van der Waals surface area contributed by atoms with Gasteiger partial charge in [-0.15, -0.1) is 0 Å². The molecule has 1 saturated heterocycles. The lowest BCUT2D eigenvalue weighted by atomic mass is 10.1. The zero-order valence-electron chi connectivity index (χ0n) is 16.8. The second kappa shape index (κ2) is 8.61. The van der Waals surface area contributed by atoms with Gasteiger partial charge in [-0.05, 0) is 53.8 Å². The van der Waals surface area contributed by atoms with Crippen LogP contribution in [0.3, 0.4) is 0 Å². The molecule has 2 aromatic rings. The normalized spacial score (nSPS) is 17.9. The van der Waals surface area contributed by atoms with Crippen LogP contribution in [-0.2, 0) is 23.9 Å². The predicted molar refractivity (Wildman–Crippen MR) is 112 cm³/mol. The fourth-order valence-electron chi connectivity index (χ4n) is 3.99. The lowest BCUT2D eigenvalue weighted by Crippen LogP contribution is -2.42. The number of carbonyl (C=O) groups is 1. The molecule has 0 N–H and O–H groups in total. The number of benzene rings is 2. The Kier molecular flexibility index (Phi) is 6.09. The van der Waals surface area contributed by atoms with Gasteiger partial charge < -0.3 is 4.90 Å². The van der Waals surface area contributed by atoms with E-state index in [4.69, 9.17) is 0 Å². The van der Waals surface area contributed by atoms with Crippen molar-refractivity contribution >= 4 is 23.5 Å². The standard InChI is InChI=1S/C22H24F3N3OS/c1-16(29)28-8-7-18-14-20(5-6-21(18)28)30-27-11-9-26(10-12-27)15-17-3-2-4-19(13-17)22(23,24)25/h2-6,13-14H,7-12,15H2,1H3. The number of amides is 1. The minimum atomic E-state index is -4.30. The molecule has 2 aliphatic heterocycles. The van der Waals surface area contributed by atoms with E-state index in [1.54, 1.807) is 24.9 Å². The maximum Gasteiger partial charge on any atom is 0.416 e. The number of nitrogens with zero attached hydrogens (tertiary/aromatic N) is 3. The van der Waals surface area contributed by atoms with Gasteiger partial charge in [-0.1, -0.05) is 18.2 Å². The summed E-state index contributed by atoms with van der Waals surface area (Å²) in [5, 5.41) is 0. The number of fused-ring (bicyclic) bond motifs is 1. The average Bonchev–Trinajstić information content (AvgIpc) is 3.13. The quantitative estimate of drug-likeness (QED) is 0.664. The van der Waals surface area contributed by atoms with Gasteiger partial charge in [-0.2, -0.15) is 13.2 Å². The third-order valence-electron chi connectivity index (χ3n) is 5.55. The molecular formula is C22H24F3N3OS. The Hall–Kier alpha value is -2.03. The number of halogens is 3. The summed E-state index contributed by atoms with van der Waals surface area (Å²) in [4.78, 5) is 16.9. The van der Waals surface area contributed by atoms with Crippen molar-refractivity contribution in [3.8, 4) is 0 Å². The zero-order valence-corrected chi connectivity index (χ0v) is 17.6. The van der Waals surface area contributed by atoms with E-state index < -0.39 is 11.7 Å². The summed E-state index contributed by atoms with van der Waals surface area (Å²) in [5.74, 6) is 0.0750. The maximum atomic E-state index is 12.9. The maximum absolute atomic E-state index is 12.9. The molecule has 0 aromatic heterocycles. The third-order valence-corrected chi connectivity index (χ3v) is 6.64. The molecule has 8 heteroatoms. The second-order valence-electron chi connectivity index (χ2n) is 7.71. The molecule has 0 aliphatic carbocycles. The van der Waals surface area contributed by atoms with Gasteiger partial charge >= 0.3 is 6.18 Å². The average molecular weight is 436 g/mol. The molecule has 160 valence electrons. The molecule has 2 heterocycles. The Labute approximate surface area is 178 Å². The number of alkyl halides is 3. The molecule has 0 bridgehead atoms. The van der Waals surface area contributed by atoms with E-state index in [2.05, 4.69) is 21.3 Å². The molecule has 0 radical (unpaired) electrons. The van der Waals surface area contributed by atoms with Crippen LogP contribution in [0.25, 0.3) is 0 Å². The van der Waals surface area contributed by atoms with E-state index in [1.165, 1.54) is 17.7 Å². The van der Waals surface area contributed by atoms with Crippen LogP contribution in [0.2, 0.25) is 0 Å². The number of rotatable bonds is 4. The monoisotopic (exact) mass is 435 g/mol. The van der Waals surface area contributed by atoms with Gasteiger partial charge in [0.25, 0.3) is 0 Å². The lowest BCUT2D eigenvalue weighted by Gasteiger charge is -2.34. The molecule has 2 aliphatic rings. The summed E-state index contributed by atoms with van der Waals surface area (Å²) in [5.41, 5.74) is 2.32. The highest BCUT2D eigenvalue weighted by molar-refractivity contribution is 7.97. The van der Waals surface area contributed by atoms with Crippen molar-refractivity contribution in [3.63, 3.8) is 0 Å². The van der Waals surface area contributed by atoms with Crippen molar-refractivity contribution < 1.29 is 18.0 Å². The number of hydrogen-bond acceptors (Lipinski definition) is 4. The molecule has 4 nitrogen and oxygen atoms in total. The molecule has 0 atom stereocenters. The summed E-state index contributed by atoms with van der Waals surface area (Å²) in [6.07, 6.45) is -3.42. The van der Waals surface area contributed by atoms with E-state index in [-0.39, 0.29) is 5.91 Å². The minimum Gasteiger partial charge on any atom is -0.312 e. The third kappa shape index (κ3) is 4.82. The fourth-order valence-corrected chi connectivity index (χ4v) is 4.96. The van der Waals surface area contributed by atoms with Crippen molar-refractivity contribution in [1.29, 1.82) is 0 Å². The number of anilines is 1. The van der Waals surface area contributed by atoms with Crippen LogP contribution in [0.5, 0.6) is 0 Å². The summed E-state index contributed by atoms with van der Waals surface area (Å²) in [6, 6.07) is 11.8. The zero-order chi connectivity index (χ0) is 21.3. The number of hydrogen-bond donors (Lipinski definition) is 0. The van der Waals surface area contributed by atoms with Crippen molar-refractivity contribution in [2.45, 2.75) is 31.0 Å². The summed E-state index contributed by atoms with van der Waals surface area (Å²) in [6.45, 7) is 6.19. The van der Waals surface area contributed by atoms with Crippen molar-refractivity contribution in [2.75, 3.05) is 37.6 Å². The van der Waals surface area contributed by atoms with E-state index in [1.807, 2.05) is 11.0 Å². The van der Waals surface area contributed by atoms with Crippen LogP contribution in [-0.4, -0.2) is 47.8 Å². The summed E-state index contributed by atoms with van der Waals surface area (Å²) < 4.78 is 41.0. The highest BCUT2D eigenvalue weighted by Crippen LogP contribution is 2.34. The number of carbonyl (C=O) groups excluding carboxylic acids is 1. The second-order valence-corrected chi connectivity index (χ2v) is 8.88. The van der Waals surface area contributed by atoms with Crippen LogP contribution in [0, 0.1) is 0 Å². The lowest BCUT2D eigenvalue weighted by molar-refractivity contribution is -0.137. The van der Waals surface area contributed by atoms with E-state index in [0.29, 0.717) is 12.1 Å². The van der Waals surface area contributed by atoms with Gasteiger partial charge in [0.2, 0.25) is 5.91 Å². The highest BCUT2D eigenvalue weighted by atomic mass is 32.2. The summed E-state index contributed by atoms with van der Waals surface area (Å²) in [7, 11) is 0. The summed E-state index contributed by atoms with van der Waals surface area (Å²) >= 11 is 1.71. The van der Waals surface area contributed by atoms with Gasteiger partial charge in [0.15, 0.2) is 0 Å². The first kappa shape index (κ1) is 21.2. The molecule has 4 rings (SSSR count). The Morgan fingerprint density at radius 3 is 2.50 bits per heavy atom. The Morgan fingerprint density at radius 2 is 1.80 bits per heavy atom. The predicted octanol–water partition coefficient (Wildman–Crippen LogP) is 4.44. The Balaban J connectivity index is 1.31. The van der Waals surface area contributed by atoms with E-state index in [0.717, 1.165) is 55.8 Å². The van der Waals surface area contributed by atoms with Crippen molar-refractivity contribution in [3.05, 3.63) is 59.2 Å². The molecule has 30 heavy (non-hydrogen) atoms. The van der Waals surface area contributed by atoms with Crippen LogP contribution in [0.15, 0.2) is 47.4 Å². The minimum absolute atomic E-state index is 0.0750. The van der Waals surface area contributed by atoms with Gasteiger partial charge in [-0.25, -0.2) is 4.31 Å². The van der Waals surface area contributed by atoms with Crippen LogP contribution in [0.1, 0.15) is 23.6 Å². The first-order valence-corrected chi connectivity index (χ1v) is 10.8. The topological polar surface area (TPSA) is 26.8 Å². The molecule has 0 unspecified atom stereocenters. The van der Waals surface area contributed by atoms with Crippen molar-refractivity contribution in [1.82, 2.24) is 9.21 Å². The molecule has 1 amide bonds. The highest BCUT2D eigenvalue weighted by Gasteiger charge is 2.30. The molecule has 2 aromatic carbocycles. The SMILES string of the molecule is CC(=O)N1CCc2cc(SN3CCN(Cc4cccc(C(F)(F)F)c4)CC3)ccc21. The largest absolute Gasteiger partial charge is 0.416 e. The van der Waals surface area contributed by atoms with Crippen LogP contribution >= 0.6 is 11.9 Å². The number of piperazine rings is 1. The fraction of sp³-hybridized carbons (Fsp3) is 0.409. The van der Waals surface area contributed by atoms with E-state index >= 15 is 0 Å². The molecule has 0 saturated carbocycles. The molecule has 0 spiro atoms. The Morgan fingerprint density at radius 1 is 1.03 bits per heavy atom. The van der Waals surface area contributed by atoms with Gasteiger partial charge in [-0.3, -0.25) is 9.69 Å². The van der Waals surface area contributed by atoms with Crippen LogP contribution in [0.4, 0.5) is 18.9 Å². The smallest absolute Gasteiger partial charge is 0.312 e. The Bertz CT molecular complexity index is 926. The molecular weight excluding hydrogens is 411 g/mol. The van der Waals surface area contributed by atoms with Crippen LogP contribution < -0.4 is 4.90 Å². The van der Waals surface area contributed by atoms with Crippen molar-refractivity contribution in [2.24, 2.45) is 0 Å². The molecule has 1 fully saturated rings. The van der Waals surface area contributed by atoms with Gasteiger partial charge in [0.05, 0.1) is 5.56 Å².